The highest BCUT2D eigenvalue weighted by Crippen LogP contribution is 2.36. The second-order valence-corrected chi connectivity index (χ2v) is 7.35. The van der Waals surface area contributed by atoms with Gasteiger partial charge >= 0.3 is 12.1 Å². The minimum Gasteiger partial charge on any atom is -0.459 e. The number of alkyl halides is 3. The quantitative estimate of drug-likeness (QED) is 0.771. The molecule has 1 aromatic carbocycles. The second-order valence-electron chi connectivity index (χ2n) is 7.35. The number of ether oxygens (including phenoxy) is 1. The fraction of sp³-hybridized carbons (Fsp3) is 0.526. The topological polar surface area (TPSA) is 34.5 Å². The fourth-order valence-corrected chi connectivity index (χ4v) is 4.41. The molecule has 0 aliphatic carbocycles. The smallest absolute Gasteiger partial charge is 0.406 e. The number of hydrogen-bond donors (Lipinski definition) is 0. The number of nitrogens with zero attached hydrogens (tertiary/aromatic N) is 2. The van der Waals surface area contributed by atoms with Gasteiger partial charge in [-0.2, -0.15) is 13.2 Å². The first-order chi connectivity index (χ1) is 12.3. The van der Waals surface area contributed by atoms with Crippen molar-refractivity contribution in [1.29, 1.82) is 0 Å². The largest absolute Gasteiger partial charge is 0.459 e. The van der Waals surface area contributed by atoms with Gasteiger partial charge in [-0.05, 0) is 26.0 Å². The number of piperidine rings is 1. The van der Waals surface area contributed by atoms with Crippen molar-refractivity contribution >= 4 is 16.9 Å². The van der Waals surface area contributed by atoms with E-state index in [-0.39, 0.29) is 11.7 Å². The first kappa shape index (κ1) is 17.4. The number of aromatic nitrogens is 1. The van der Waals surface area contributed by atoms with Crippen LogP contribution in [0.4, 0.5) is 13.2 Å². The predicted molar refractivity (Wildman–Crippen MR) is 91.0 cm³/mol. The summed E-state index contributed by atoms with van der Waals surface area (Å²) in [6.07, 6.45) is 0.557. The Bertz CT molecular complexity index is 816. The number of carbonyl (C=O) groups excluding carboxylic acids is 1. The monoisotopic (exact) mass is 366 g/mol. The summed E-state index contributed by atoms with van der Waals surface area (Å²) in [5.74, 6) is -0.531. The van der Waals surface area contributed by atoms with Crippen LogP contribution in [0.2, 0.25) is 0 Å². The van der Waals surface area contributed by atoms with Crippen LogP contribution in [0.25, 0.3) is 10.9 Å². The maximum absolute atomic E-state index is 12.8. The van der Waals surface area contributed by atoms with Crippen LogP contribution in [0, 0.1) is 0 Å². The second kappa shape index (κ2) is 6.30. The lowest BCUT2D eigenvalue weighted by Gasteiger charge is -2.35. The van der Waals surface area contributed by atoms with Crippen molar-refractivity contribution in [1.82, 2.24) is 9.47 Å². The molecule has 3 heterocycles. The number of benzene rings is 1. The SMILES string of the molecule is CN1[C@@H]2CC[C@H]1C[C@H](OC(=O)c1cn(CC(F)(F)F)c3ccccc13)C2. The number of halogens is 3. The lowest BCUT2D eigenvalue weighted by molar-refractivity contribution is -0.139. The van der Waals surface area contributed by atoms with Gasteiger partial charge in [-0.25, -0.2) is 4.79 Å². The summed E-state index contributed by atoms with van der Waals surface area (Å²) in [5.41, 5.74) is 0.594. The Balaban J connectivity index is 1.57. The molecule has 2 aliphatic rings. The highest BCUT2D eigenvalue weighted by atomic mass is 19.4. The Kier molecular flexibility index (Phi) is 4.22. The molecule has 1 aromatic heterocycles. The standard InChI is InChI=1S/C19H21F3N2O2/c1-23-12-6-7-13(23)9-14(8-12)26-18(25)16-10-24(11-19(20,21)22)17-5-3-2-4-15(16)17/h2-5,10,12-14H,6-9,11H2,1H3/t12-,13+,14-. The Morgan fingerprint density at radius 3 is 2.50 bits per heavy atom. The average molecular weight is 366 g/mol. The van der Waals surface area contributed by atoms with E-state index >= 15 is 0 Å². The van der Waals surface area contributed by atoms with Crippen molar-refractivity contribution in [2.75, 3.05) is 7.05 Å². The molecule has 2 saturated heterocycles. The molecular weight excluding hydrogens is 345 g/mol. The number of rotatable bonds is 3. The van der Waals surface area contributed by atoms with Gasteiger partial charge in [0.25, 0.3) is 0 Å². The van der Waals surface area contributed by atoms with Gasteiger partial charge in [0.2, 0.25) is 0 Å². The molecule has 0 unspecified atom stereocenters. The molecule has 2 aliphatic heterocycles. The van der Waals surface area contributed by atoms with Gasteiger partial charge < -0.3 is 14.2 Å². The lowest BCUT2D eigenvalue weighted by atomic mass is 10.0. The van der Waals surface area contributed by atoms with Crippen molar-refractivity contribution in [2.45, 2.75) is 56.6 Å². The summed E-state index contributed by atoms with van der Waals surface area (Å²) in [6.45, 7) is -1.13. The van der Waals surface area contributed by atoms with Crippen molar-refractivity contribution in [3.05, 3.63) is 36.0 Å². The number of carbonyl (C=O) groups is 1. The highest BCUT2D eigenvalue weighted by molar-refractivity contribution is 6.04. The Labute approximate surface area is 149 Å². The number of fused-ring (bicyclic) bond motifs is 3. The molecule has 2 aromatic rings. The van der Waals surface area contributed by atoms with E-state index in [9.17, 15) is 18.0 Å². The molecule has 4 rings (SSSR count). The van der Waals surface area contributed by atoms with Crippen molar-refractivity contribution in [3.63, 3.8) is 0 Å². The molecule has 2 fully saturated rings. The van der Waals surface area contributed by atoms with Crippen LogP contribution in [0.15, 0.2) is 30.5 Å². The minimum atomic E-state index is -4.35. The highest BCUT2D eigenvalue weighted by Gasteiger charge is 2.40. The van der Waals surface area contributed by atoms with E-state index in [1.165, 1.54) is 6.20 Å². The first-order valence-corrected chi connectivity index (χ1v) is 8.89. The minimum absolute atomic E-state index is 0.166. The van der Waals surface area contributed by atoms with Crippen molar-refractivity contribution in [2.24, 2.45) is 0 Å². The van der Waals surface area contributed by atoms with Gasteiger partial charge in [0.15, 0.2) is 0 Å². The summed E-state index contributed by atoms with van der Waals surface area (Å²) < 4.78 is 45.3. The van der Waals surface area contributed by atoms with E-state index in [1.807, 2.05) is 0 Å². The maximum atomic E-state index is 12.8. The number of hydrogen-bond acceptors (Lipinski definition) is 3. The van der Waals surface area contributed by atoms with Crippen LogP contribution in [0.3, 0.4) is 0 Å². The molecule has 7 heteroatoms. The van der Waals surface area contributed by atoms with E-state index in [0.29, 0.717) is 23.0 Å². The zero-order chi connectivity index (χ0) is 18.5. The summed E-state index contributed by atoms with van der Waals surface area (Å²) >= 11 is 0. The Hall–Kier alpha value is -2.02. The molecule has 0 radical (unpaired) electrons. The third-order valence-corrected chi connectivity index (χ3v) is 5.69. The fourth-order valence-electron chi connectivity index (χ4n) is 4.41. The first-order valence-electron chi connectivity index (χ1n) is 8.89. The van der Waals surface area contributed by atoms with Crippen LogP contribution in [0.1, 0.15) is 36.0 Å². The third kappa shape index (κ3) is 3.20. The van der Waals surface area contributed by atoms with Gasteiger partial charge in [0.05, 0.1) is 5.56 Å². The molecule has 26 heavy (non-hydrogen) atoms. The van der Waals surface area contributed by atoms with E-state index in [0.717, 1.165) is 30.3 Å². The molecule has 3 atom stereocenters. The Morgan fingerprint density at radius 1 is 1.19 bits per heavy atom. The van der Waals surface area contributed by atoms with E-state index in [4.69, 9.17) is 4.74 Å². The molecule has 0 saturated carbocycles. The molecule has 4 nitrogen and oxygen atoms in total. The molecule has 0 amide bonds. The lowest BCUT2D eigenvalue weighted by Crippen LogP contribution is -2.43. The van der Waals surface area contributed by atoms with Gasteiger partial charge in [0.1, 0.15) is 12.6 Å². The molecular formula is C19H21F3N2O2. The van der Waals surface area contributed by atoms with Crippen LogP contribution in [-0.2, 0) is 11.3 Å². The average Bonchev–Trinajstić information content (AvgIpc) is 3.00. The van der Waals surface area contributed by atoms with Gasteiger partial charge in [0, 0.05) is 42.0 Å². The van der Waals surface area contributed by atoms with Crippen molar-refractivity contribution in [3.8, 4) is 0 Å². The molecule has 140 valence electrons. The van der Waals surface area contributed by atoms with E-state index in [1.54, 1.807) is 24.3 Å². The summed E-state index contributed by atoms with van der Waals surface area (Å²) in [6, 6.07) is 7.49. The van der Waals surface area contributed by atoms with Crippen LogP contribution in [-0.4, -0.2) is 46.8 Å². The normalized spacial score (nSPS) is 26.4. The van der Waals surface area contributed by atoms with E-state index < -0.39 is 18.7 Å². The van der Waals surface area contributed by atoms with Gasteiger partial charge in [-0.1, -0.05) is 18.2 Å². The van der Waals surface area contributed by atoms with Gasteiger partial charge in [-0.3, -0.25) is 0 Å². The van der Waals surface area contributed by atoms with Crippen LogP contribution < -0.4 is 0 Å². The third-order valence-electron chi connectivity index (χ3n) is 5.69. The van der Waals surface area contributed by atoms with E-state index in [2.05, 4.69) is 11.9 Å². The maximum Gasteiger partial charge on any atom is 0.406 e. The Morgan fingerprint density at radius 2 is 1.85 bits per heavy atom. The van der Waals surface area contributed by atoms with Gasteiger partial charge in [-0.15, -0.1) is 0 Å². The summed E-state index contributed by atoms with van der Waals surface area (Å²) in [7, 11) is 2.10. The zero-order valence-electron chi connectivity index (χ0n) is 14.5. The summed E-state index contributed by atoms with van der Waals surface area (Å²) in [5, 5.41) is 0.498. The zero-order valence-corrected chi connectivity index (χ0v) is 14.5. The molecule has 0 N–H and O–H groups in total. The molecule has 0 spiro atoms. The molecule has 2 bridgehead atoms. The number of esters is 1. The number of para-hydroxylation sites is 1. The predicted octanol–water partition coefficient (Wildman–Crippen LogP) is 3.99. The summed E-state index contributed by atoms with van der Waals surface area (Å²) in [4.78, 5) is 15.0. The van der Waals surface area contributed by atoms with Crippen LogP contribution >= 0.6 is 0 Å². The van der Waals surface area contributed by atoms with Crippen molar-refractivity contribution < 1.29 is 22.7 Å². The van der Waals surface area contributed by atoms with Crippen LogP contribution in [0.5, 0.6) is 0 Å².